The highest BCUT2D eigenvalue weighted by Gasteiger charge is 2.51. The van der Waals surface area contributed by atoms with E-state index in [0.29, 0.717) is 11.3 Å². The summed E-state index contributed by atoms with van der Waals surface area (Å²) >= 11 is 0. The van der Waals surface area contributed by atoms with Crippen molar-refractivity contribution in [2.75, 3.05) is 24.5 Å². The van der Waals surface area contributed by atoms with Gasteiger partial charge >= 0.3 is 6.03 Å². The molecule has 2 heterocycles. The maximum absolute atomic E-state index is 12.7. The van der Waals surface area contributed by atoms with Crippen molar-refractivity contribution in [3.05, 3.63) is 54.0 Å². The van der Waals surface area contributed by atoms with Gasteiger partial charge < -0.3 is 14.6 Å². The first-order valence-corrected chi connectivity index (χ1v) is 8.97. The highest BCUT2D eigenvalue weighted by molar-refractivity contribution is 6.11. The summed E-state index contributed by atoms with van der Waals surface area (Å²) in [5, 5.41) is 2.61. The van der Waals surface area contributed by atoms with E-state index in [1.807, 2.05) is 12.1 Å². The second-order valence-electron chi connectivity index (χ2n) is 6.57. The minimum absolute atomic E-state index is 0.298. The second-order valence-corrected chi connectivity index (χ2v) is 6.57. The summed E-state index contributed by atoms with van der Waals surface area (Å²) < 4.78 is 5.28. The largest absolute Gasteiger partial charge is 0.466 e. The van der Waals surface area contributed by atoms with Crippen LogP contribution in [-0.2, 0) is 10.3 Å². The van der Waals surface area contributed by atoms with Gasteiger partial charge in [0.15, 0.2) is 11.3 Å². The number of furan rings is 1. The lowest BCUT2D eigenvalue weighted by Gasteiger charge is -2.21. The molecule has 0 unspecified atom stereocenters. The SMILES string of the molecule is CCN(CC)c1ccc(C(=O)CN2C(=O)N[C@](C)(c3ccco3)C2=O)cc1. The van der Waals surface area contributed by atoms with Gasteiger partial charge in [-0.25, -0.2) is 4.79 Å². The van der Waals surface area contributed by atoms with Crippen LogP contribution in [0.1, 0.15) is 36.9 Å². The molecule has 1 saturated heterocycles. The van der Waals surface area contributed by atoms with Gasteiger partial charge in [0, 0.05) is 24.3 Å². The number of carbonyl (C=O) groups excluding carboxylic acids is 3. The van der Waals surface area contributed by atoms with E-state index >= 15 is 0 Å². The molecular formula is C20H23N3O4. The Morgan fingerprint density at radius 2 is 1.81 bits per heavy atom. The van der Waals surface area contributed by atoms with E-state index in [0.717, 1.165) is 23.7 Å². The predicted octanol–water partition coefficient (Wildman–Crippen LogP) is 2.78. The summed E-state index contributed by atoms with van der Waals surface area (Å²) in [5.41, 5.74) is 0.183. The molecule has 1 aromatic heterocycles. The molecule has 27 heavy (non-hydrogen) atoms. The third-order valence-corrected chi connectivity index (χ3v) is 4.91. The maximum Gasteiger partial charge on any atom is 0.325 e. The van der Waals surface area contributed by atoms with Gasteiger partial charge in [-0.05, 0) is 57.2 Å². The van der Waals surface area contributed by atoms with Crippen molar-refractivity contribution in [1.82, 2.24) is 10.2 Å². The summed E-state index contributed by atoms with van der Waals surface area (Å²) in [7, 11) is 0. The highest BCUT2D eigenvalue weighted by Crippen LogP contribution is 2.29. The summed E-state index contributed by atoms with van der Waals surface area (Å²) in [4.78, 5) is 40.7. The van der Waals surface area contributed by atoms with E-state index in [9.17, 15) is 14.4 Å². The monoisotopic (exact) mass is 369 g/mol. The van der Waals surface area contributed by atoms with Gasteiger partial charge in [-0.2, -0.15) is 0 Å². The molecule has 0 saturated carbocycles. The number of hydrogen-bond acceptors (Lipinski definition) is 5. The van der Waals surface area contributed by atoms with Crippen LogP contribution < -0.4 is 10.2 Å². The Labute approximate surface area is 157 Å². The maximum atomic E-state index is 12.7. The molecule has 7 nitrogen and oxygen atoms in total. The smallest absolute Gasteiger partial charge is 0.325 e. The summed E-state index contributed by atoms with van der Waals surface area (Å²) in [6.45, 7) is 7.13. The first-order chi connectivity index (χ1) is 12.9. The number of rotatable bonds is 7. The highest BCUT2D eigenvalue weighted by atomic mass is 16.3. The molecule has 1 aromatic carbocycles. The summed E-state index contributed by atoms with van der Waals surface area (Å²) in [6, 6.07) is 9.85. The van der Waals surface area contributed by atoms with E-state index in [4.69, 9.17) is 4.42 Å². The Hall–Kier alpha value is -3.09. The first kappa shape index (κ1) is 18.7. The van der Waals surface area contributed by atoms with Crippen LogP contribution in [0.15, 0.2) is 47.1 Å². The quantitative estimate of drug-likeness (QED) is 0.599. The van der Waals surface area contributed by atoms with E-state index in [-0.39, 0.29) is 12.3 Å². The van der Waals surface area contributed by atoms with Crippen LogP contribution in [0.2, 0.25) is 0 Å². The number of anilines is 1. The number of carbonyl (C=O) groups is 3. The summed E-state index contributed by atoms with van der Waals surface area (Å²) in [5.74, 6) is -0.469. The predicted molar refractivity (Wildman–Crippen MR) is 101 cm³/mol. The number of Topliss-reactive ketones (excluding diaryl/α,β-unsaturated/α-hetero) is 1. The molecule has 3 amide bonds. The molecule has 142 valence electrons. The number of nitrogens with zero attached hydrogens (tertiary/aromatic N) is 2. The fourth-order valence-corrected chi connectivity index (χ4v) is 3.25. The van der Waals surface area contributed by atoms with Crippen LogP contribution in [0, 0.1) is 0 Å². The number of imide groups is 1. The van der Waals surface area contributed by atoms with E-state index in [2.05, 4.69) is 24.1 Å². The third kappa shape index (κ3) is 3.32. The van der Waals surface area contributed by atoms with Gasteiger partial charge in [-0.1, -0.05) is 0 Å². The molecule has 1 atom stereocenters. The lowest BCUT2D eigenvalue weighted by Crippen LogP contribution is -2.41. The zero-order chi connectivity index (χ0) is 19.6. The molecule has 1 aliphatic heterocycles. The number of amides is 3. The third-order valence-electron chi connectivity index (χ3n) is 4.91. The van der Waals surface area contributed by atoms with Gasteiger partial charge in [0.05, 0.1) is 12.8 Å². The lowest BCUT2D eigenvalue weighted by atomic mass is 9.99. The molecule has 7 heteroatoms. The fraction of sp³-hybridized carbons (Fsp3) is 0.350. The molecule has 2 aromatic rings. The van der Waals surface area contributed by atoms with E-state index in [1.165, 1.54) is 6.26 Å². The molecular weight excluding hydrogens is 346 g/mol. The Balaban J connectivity index is 1.74. The van der Waals surface area contributed by atoms with Crippen molar-refractivity contribution in [1.29, 1.82) is 0 Å². The van der Waals surface area contributed by atoms with Crippen molar-refractivity contribution in [2.45, 2.75) is 26.3 Å². The van der Waals surface area contributed by atoms with Gasteiger partial charge in [0.25, 0.3) is 5.91 Å². The van der Waals surface area contributed by atoms with Crippen LogP contribution in [0.3, 0.4) is 0 Å². The normalized spacial score (nSPS) is 19.3. The molecule has 0 radical (unpaired) electrons. The zero-order valence-electron chi connectivity index (χ0n) is 15.7. The van der Waals surface area contributed by atoms with Crippen LogP contribution in [-0.4, -0.2) is 42.3 Å². The first-order valence-electron chi connectivity index (χ1n) is 8.97. The number of urea groups is 1. The van der Waals surface area contributed by atoms with Crippen molar-refractivity contribution in [3.63, 3.8) is 0 Å². The standard InChI is InChI=1S/C20H23N3O4/c1-4-22(5-2)15-10-8-14(9-11-15)16(24)13-23-18(25)20(3,21-19(23)26)17-7-6-12-27-17/h6-12H,4-5,13H2,1-3H3,(H,21,26)/t20-/m1/s1. The molecule has 0 aliphatic carbocycles. The number of nitrogens with one attached hydrogen (secondary N) is 1. The molecule has 0 spiro atoms. The Morgan fingerprint density at radius 3 is 2.37 bits per heavy atom. The topological polar surface area (TPSA) is 82.9 Å². The van der Waals surface area contributed by atoms with Crippen molar-refractivity contribution in [2.24, 2.45) is 0 Å². The molecule has 1 fully saturated rings. The van der Waals surface area contributed by atoms with Crippen LogP contribution >= 0.6 is 0 Å². The van der Waals surface area contributed by atoms with Crippen molar-refractivity contribution >= 4 is 23.4 Å². The minimum atomic E-state index is -1.30. The number of hydrogen-bond donors (Lipinski definition) is 1. The molecule has 1 N–H and O–H groups in total. The van der Waals surface area contributed by atoms with E-state index < -0.39 is 17.5 Å². The average molecular weight is 369 g/mol. The van der Waals surface area contributed by atoms with Crippen molar-refractivity contribution in [3.8, 4) is 0 Å². The number of benzene rings is 1. The van der Waals surface area contributed by atoms with Crippen LogP contribution in [0.25, 0.3) is 0 Å². The van der Waals surface area contributed by atoms with E-state index in [1.54, 1.807) is 31.2 Å². The Morgan fingerprint density at radius 1 is 1.15 bits per heavy atom. The average Bonchev–Trinajstić information content (AvgIpc) is 3.28. The molecule has 1 aliphatic rings. The molecule has 3 rings (SSSR count). The van der Waals surface area contributed by atoms with Gasteiger partial charge in [0.2, 0.25) is 0 Å². The van der Waals surface area contributed by atoms with Gasteiger partial charge in [-0.3, -0.25) is 14.5 Å². The van der Waals surface area contributed by atoms with Crippen LogP contribution in [0.4, 0.5) is 10.5 Å². The molecule has 0 bridgehead atoms. The summed E-state index contributed by atoms with van der Waals surface area (Å²) in [6.07, 6.45) is 1.44. The fourth-order valence-electron chi connectivity index (χ4n) is 3.25. The van der Waals surface area contributed by atoms with Crippen molar-refractivity contribution < 1.29 is 18.8 Å². The van der Waals surface area contributed by atoms with Gasteiger partial charge in [-0.15, -0.1) is 0 Å². The Bertz CT molecular complexity index is 841. The second kappa shape index (κ2) is 7.26. The Kier molecular flexibility index (Phi) is 5.03. The zero-order valence-corrected chi connectivity index (χ0v) is 15.7. The van der Waals surface area contributed by atoms with Gasteiger partial charge in [0.1, 0.15) is 5.76 Å². The van der Waals surface area contributed by atoms with Crippen LogP contribution in [0.5, 0.6) is 0 Å². The minimum Gasteiger partial charge on any atom is -0.466 e. The number of ketones is 1. The lowest BCUT2D eigenvalue weighted by molar-refractivity contribution is -0.131.